The van der Waals surface area contributed by atoms with E-state index in [4.69, 9.17) is 0 Å². The third kappa shape index (κ3) is 4.22. The number of nitrogens with one attached hydrogen (secondary N) is 2. The maximum Gasteiger partial charge on any atom is 0.313 e. The SMILES string of the molecule is O=C(NCC(O)c1ccc2ccccc2c1)C(=O)Nc1ccccc1. The molecule has 0 fully saturated rings. The van der Waals surface area contributed by atoms with Crippen LogP contribution in [0.2, 0.25) is 0 Å². The topological polar surface area (TPSA) is 78.4 Å². The highest BCUT2D eigenvalue weighted by molar-refractivity contribution is 6.39. The number of fused-ring (bicyclic) bond motifs is 1. The fourth-order valence-corrected chi connectivity index (χ4v) is 2.51. The molecule has 1 unspecified atom stereocenters. The van der Waals surface area contributed by atoms with E-state index in [1.807, 2.05) is 48.5 Å². The van der Waals surface area contributed by atoms with E-state index in [-0.39, 0.29) is 6.54 Å². The summed E-state index contributed by atoms with van der Waals surface area (Å²) in [6, 6.07) is 22.1. The molecule has 3 aromatic rings. The van der Waals surface area contributed by atoms with Crippen molar-refractivity contribution in [2.24, 2.45) is 0 Å². The number of anilines is 1. The predicted molar refractivity (Wildman–Crippen MR) is 97.0 cm³/mol. The number of benzene rings is 3. The van der Waals surface area contributed by atoms with Gasteiger partial charge < -0.3 is 15.7 Å². The maximum atomic E-state index is 11.9. The van der Waals surface area contributed by atoms with E-state index in [1.54, 1.807) is 24.3 Å². The van der Waals surface area contributed by atoms with Crippen molar-refractivity contribution in [1.29, 1.82) is 0 Å². The van der Waals surface area contributed by atoms with Crippen LogP contribution in [0.15, 0.2) is 72.8 Å². The first-order chi connectivity index (χ1) is 12.1. The molecule has 0 saturated carbocycles. The van der Waals surface area contributed by atoms with Crippen molar-refractivity contribution < 1.29 is 14.7 Å². The first-order valence-corrected chi connectivity index (χ1v) is 7.94. The molecule has 0 heterocycles. The van der Waals surface area contributed by atoms with E-state index in [1.165, 1.54) is 0 Å². The Bertz CT molecular complexity index is 894. The van der Waals surface area contributed by atoms with Crippen LogP contribution in [-0.4, -0.2) is 23.5 Å². The van der Waals surface area contributed by atoms with Crippen molar-refractivity contribution in [3.8, 4) is 0 Å². The van der Waals surface area contributed by atoms with Crippen LogP contribution in [-0.2, 0) is 9.59 Å². The zero-order valence-electron chi connectivity index (χ0n) is 13.5. The van der Waals surface area contributed by atoms with E-state index >= 15 is 0 Å². The maximum absolute atomic E-state index is 11.9. The van der Waals surface area contributed by atoms with Crippen LogP contribution in [0.5, 0.6) is 0 Å². The third-order valence-electron chi connectivity index (χ3n) is 3.85. The number of hydrogen-bond donors (Lipinski definition) is 3. The van der Waals surface area contributed by atoms with E-state index in [0.29, 0.717) is 11.3 Å². The Morgan fingerprint density at radius 3 is 2.28 bits per heavy atom. The second kappa shape index (κ2) is 7.59. The minimum atomic E-state index is -0.891. The van der Waals surface area contributed by atoms with Gasteiger partial charge in [0.25, 0.3) is 0 Å². The zero-order chi connectivity index (χ0) is 17.6. The molecule has 1 atom stereocenters. The highest BCUT2D eigenvalue weighted by Gasteiger charge is 2.16. The molecular formula is C20H18N2O3. The van der Waals surface area contributed by atoms with Gasteiger partial charge in [0.15, 0.2) is 0 Å². The van der Waals surface area contributed by atoms with Crippen LogP contribution in [0, 0.1) is 0 Å². The predicted octanol–water partition coefficient (Wildman–Crippen LogP) is 2.63. The molecule has 0 bridgehead atoms. The number of hydrogen-bond acceptors (Lipinski definition) is 3. The Balaban J connectivity index is 1.58. The molecule has 0 radical (unpaired) electrons. The van der Waals surface area contributed by atoms with Gasteiger partial charge in [0.2, 0.25) is 0 Å². The standard InChI is InChI=1S/C20H18N2O3/c23-18(16-11-10-14-6-4-5-7-15(14)12-16)13-21-19(24)20(25)22-17-8-2-1-3-9-17/h1-12,18,23H,13H2,(H,21,24)(H,22,25). The third-order valence-corrected chi connectivity index (χ3v) is 3.85. The molecule has 2 amide bonds. The minimum Gasteiger partial charge on any atom is -0.387 e. The van der Waals surface area contributed by atoms with Gasteiger partial charge in [-0.2, -0.15) is 0 Å². The number of amides is 2. The zero-order valence-corrected chi connectivity index (χ0v) is 13.5. The number of aliphatic hydroxyl groups excluding tert-OH is 1. The monoisotopic (exact) mass is 334 g/mol. The lowest BCUT2D eigenvalue weighted by atomic mass is 10.0. The van der Waals surface area contributed by atoms with E-state index in [2.05, 4.69) is 10.6 Å². The number of carbonyl (C=O) groups is 2. The molecule has 0 saturated heterocycles. The van der Waals surface area contributed by atoms with Crippen molar-refractivity contribution in [2.75, 3.05) is 11.9 Å². The van der Waals surface area contributed by atoms with Crippen LogP contribution in [0.3, 0.4) is 0 Å². The van der Waals surface area contributed by atoms with Gasteiger partial charge in [-0.3, -0.25) is 9.59 Å². The van der Waals surface area contributed by atoms with Gasteiger partial charge in [-0.1, -0.05) is 54.6 Å². The Kier molecular flexibility index (Phi) is 5.06. The number of rotatable bonds is 4. The van der Waals surface area contributed by atoms with Gasteiger partial charge in [-0.25, -0.2) is 0 Å². The normalized spacial score (nSPS) is 11.7. The lowest BCUT2D eigenvalue weighted by Gasteiger charge is -2.13. The molecule has 0 aliphatic rings. The molecule has 0 spiro atoms. The van der Waals surface area contributed by atoms with Crippen molar-refractivity contribution in [3.05, 3.63) is 78.4 Å². The average molecular weight is 334 g/mol. The lowest BCUT2D eigenvalue weighted by Crippen LogP contribution is -2.37. The van der Waals surface area contributed by atoms with Crippen molar-refractivity contribution in [1.82, 2.24) is 5.32 Å². The van der Waals surface area contributed by atoms with Gasteiger partial charge in [-0.15, -0.1) is 0 Å². The Morgan fingerprint density at radius 1 is 0.840 bits per heavy atom. The first-order valence-electron chi connectivity index (χ1n) is 7.94. The highest BCUT2D eigenvalue weighted by Crippen LogP contribution is 2.20. The Morgan fingerprint density at radius 2 is 1.52 bits per heavy atom. The van der Waals surface area contributed by atoms with E-state index in [0.717, 1.165) is 10.8 Å². The van der Waals surface area contributed by atoms with Crippen LogP contribution in [0.1, 0.15) is 11.7 Å². The van der Waals surface area contributed by atoms with Gasteiger partial charge in [0.05, 0.1) is 6.10 Å². The minimum absolute atomic E-state index is 0.0423. The summed E-state index contributed by atoms with van der Waals surface area (Å²) in [5.74, 6) is -1.55. The number of para-hydroxylation sites is 1. The van der Waals surface area contributed by atoms with E-state index < -0.39 is 17.9 Å². The summed E-state index contributed by atoms with van der Waals surface area (Å²) in [6.45, 7) is -0.0423. The second-order valence-electron chi connectivity index (χ2n) is 5.65. The van der Waals surface area contributed by atoms with Crippen molar-refractivity contribution in [3.63, 3.8) is 0 Å². The molecule has 5 nitrogen and oxygen atoms in total. The van der Waals surface area contributed by atoms with Crippen molar-refractivity contribution >= 4 is 28.3 Å². The summed E-state index contributed by atoms with van der Waals surface area (Å²) in [6.07, 6.45) is -0.891. The van der Waals surface area contributed by atoms with Gasteiger partial charge >= 0.3 is 11.8 Å². The summed E-state index contributed by atoms with van der Waals surface area (Å²) in [7, 11) is 0. The summed E-state index contributed by atoms with van der Waals surface area (Å²) >= 11 is 0. The van der Waals surface area contributed by atoms with E-state index in [9.17, 15) is 14.7 Å². The number of aliphatic hydroxyl groups is 1. The Labute approximate surface area is 145 Å². The van der Waals surface area contributed by atoms with Crippen LogP contribution in [0.25, 0.3) is 10.8 Å². The molecule has 3 rings (SSSR count). The summed E-state index contributed by atoms with van der Waals surface area (Å²) < 4.78 is 0. The lowest BCUT2D eigenvalue weighted by molar-refractivity contribution is -0.136. The highest BCUT2D eigenvalue weighted by atomic mass is 16.3. The summed E-state index contributed by atoms with van der Waals surface area (Å²) in [5, 5.41) is 17.3. The van der Waals surface area contributed by atoms with Crippen LogP contribution in [0.4, 0.5) is 5.69 Å². The molecule has 126 valence electrons. The molecule has 0 aliphatic carbocycles. The van der Waals surface area contributed by atoms with Crippen LogP contribution < -0.4 is 10.6 Å². The first kappa shape index (κ1) is 16.7. The van der Waals surface area contributed by atoms with Crippen molar-refractivity contribution in [2.45, 2.75) is 6.10 Å². The van der Waals surface area contributed by atoms with Gasteiger partial charge in [0.1, 0.15) is 0 Å². The molecule has 0 aliphatic heterocycles. The van der Waals surface area contributed by atoms with Gasteiger partial charge in [0, 0.05) is 12.2 Å². The molecule has 3 N–H and O–H groups in total. The molecule has 5 heteroatoms. The molecule has 3 aromatic carbocycles. The molecule has 25 heavy (non-hydrogen) atoms. The quantitative estimate of drug-likeness (QED) is 0.642. The van der Waals surface area contributed by atoms with Crippen LogP contribution >= 0.6 is 0 Å². The fourth-order valence-electron chi connectivity index (χ4n) is 2.51. The molecular weight excluding hydrogens is 316 g/mol. The molecule has 0 aromatic heterocycles. The summed E-state index contributed by atoms with van der Waals surface area (Å²) in [5.41, 5.74) is 1.22. The summed E-state index contributed by atoms with van der Waals surface area (Å²) in [4.78, 5) is 23.7. The smallest absolute Gasteiger partial charge is 0.313 e. The fraction of sp³-hybridized carbons (Fsp3) is 0.100. The average Bonchev–Trinajstić information content (AvgIpc) is 2.66. The largest absolute Gasteiger partial charge is 0.387 e. The number of carbonyl (C=O) groups excluding carboxylic acids is 2. The van der Waals surface area contributed by atoms with Gasteiger partial charge in [-0.05, 0) is 34.5 Å². The second-order valence-corrected chi connectivity index (χ2v) is 5.65. The Hall–Kier alpha value is -3.18.